The van der Waals surface area contributed by atoms with Crippen molar-refractivity contribution in [3.05, 3.63) is 29.3 Å². The maximum atomic E-state index is 12.2. The number of benzene rings is 1. The van der Waals surface area contributed by atoms with Gasteiger partial charge < -0.3 is 5.32 Å². The first kappa shape index (κ1) is 15.4. The van der Waals surface area contributed by atoms with Crippen LogP contribution in [-0.2, 0) is 9.84 Å². The highest BCUT2D eigenvalue weighted by molar-refractivity contribution is 7.98. The minimum atomic E-state index is -2.88. The van der Waals surface area contributed by atoms with Gasteiger partial charge in [0, 0.05) is 17.0 Å². The molecule has 6 heteroatoms. The fourth-order valence-corrected chi connectivity index (χ4v) is 4.64. The predicted molar refractivity (Wildman–Crippen MR) is 82.1 cm³/mol. The van der Waals surface area contributed by atoms with Gasteiger partial charge in [0.25, 0.3) is 5.91 Å². The quantitative estimate of drug-likeness (QED) is 0.862. The lowest BCUT2D eigenvalue weighted by atomic mass is 10.1. The molecule has 2 rings (SSSR count). The highest BCUT2D eigenvalue weighted by Gasteiger charge is 2.28. The zero-order valence-corrected chi connectivity index (χ0v) is 13.3. The molecule has 1 aromatic carbocycles. The molecular formula is C14H19NO3S2. The smallest absolute Gasteiger partial charge is 0.251 e. The van der Waals surface area contributed by atoms with E-state index in [2.05, 4.69) is 5.32 Å². The van der Waals surface area contributed by atoms with Crippen LogP contribution in [0, 0.1) is 12.8 Å². The van der Waals surface area contributed by atoms with Crippen LogP contribution in [0.3, 0.4) is 0 Å². The lowest BCUT2D eigenvalue weighted by Gasteiger charge is -2.12. The molecule has 1 N–H and O–H groups in total. The number of thioether (sulfide) groups is 1. The molecule has 20 heavy (non-hydrogen) atoms. The van der Waals surface area contributed by atoms with E-state index in [1.54, 1.807) is 11.8 Å². The summed E-state index contributed by atoms with van der Waals surface area (Å²) in [6.07, 6.45) is 2.61. The second kappa shape index (κ2) is 6.18. The first-order chi connectivity index (χ1) is 9.41. The standard InChI is InChI=1S/C14H19NO3S2/c1-10-3-4-12(19-2)7-13(10)14(16)15-8-11-5-6-20(17,18)9-11/h3-4,7,11H,5-6,8-9H2,1-2H3,(H,15,16). The van der Waals surface area contributed by atoms with Crippen molar-refractivity contribution in [2.75, 3.05) is 24.3 Å². The molecule has 1 heterocycles. The SMILES string of the molecule is CSc1ccc(C)c(C(=O)NCC2CCS(=O)(=O)C2)c1. The number of hydrogen-bond acceptors (Lipinski definition) is 4. The van der Waals surface area contributed by atoms with Gasteiger partial charge in [0.1, 0.15) is 0 Å². The second-order valence-corrected chi connectivity index (χ2v) is 8.27. The van der Waals surface area contributed by atoms with Gasteiger partial charge in [-0.25, -0.2) is 8.42 Å². The molecule has 1 aliphatic heterocycles. The van der Waals surface area contributed by atoms with Crippen LogP contribution >= 0.6 is 11.8 Å². The van der Waals surface area contributed by atoms with Gasteiger partial charge in [0.15, 0.2) is 9.84 Å². The van der Waals surface area contributed by atoms with Crippen LogP contribution < -0.4 is 5.32 Å². The molecular weight excluding hydrogens is 294 g/mol. The molecule has 1 aromatic rings. The van der Waals surface area contributed by atoms with Crippen molar-refractivity contribution in [3.8, 4) is 0 Å². The third-order valence-corrected chi connectivity index (χ3v) is 6.13. The molecule has 110 valence electrons. The van der Waals surface area contributed by atoms with E-state index in [4.69, 9.17) is 0 Å². The zero-order valence-electron chi connectivity index (χ0n) is 11.7. The van der Waals surface area contributed by atoms with Gasteiger partial charge in [-0.2, -0.15) is 0 Å². The Labute approximate surface area is 124 Å². The third kappa shape index (κ3) is 3.76. The van der Waals surface area contributed by atoms with E-state index in [1.807, 2.05) is 31.4 Å². The van der Waals surface area contributed by atoms with Crippen LogP contribution in [0.15, 0.2) is 23.1 Å². The molecule has 0 aliphatic carbocycles. The Morgan fingerprint density at radius 1 is 1.45 bits per heavy atom. The maximum absolute atomic E-state index is 12.2. The van der Waals surface area contributed by atoms with Crippen molar-refractivity contribution in [2.24, 2.45) is 5.92 Å². The largest absolute Gasteiger partial charge is 0.352 e. The molecule has 0 saturated carbocycles. The van der Waals surface area contributed by atoms with Crippen LogP contribution in [0.1, 0.15) is 22.3 Å². The Bertz CT molecular complexity index is 611. The van der Waals surface area contributed by atoms with Crippen molar-refractivity contribution in [1.29, 1.82) is 0 Å². The minimum Gasteiger partial charge on any atom is -0.352 e. The van der Waals surface area contributed by atoms with Gasteiger partial charge in [0.05, 0.1) is 11.5 Å². The number of aryl methyl sites for hydroxylation is 1. The molecule has 0 bridgehead atoms. The van der Waals surface area contributed by atoms with E-state index in [0.717, 1.165) is 10.5 Å². The number of sulfone groups is 1. The van der Waals surface area contributed by atoms with Gasteiger partial charge in [-0.3, -0.25) is 4.79 Å². The number of hydrogen-bond donors (Lipinski definition) is 1. The maximum Gasteiger partial charge on any atom is 0.251 e. The van der Waals surface area contributed by atoms with Crippen molar-refractivity contribution in [3.63, 3.8) is 0 Å². The van der Waals surface area contributed by atoms with E-state index in [1.165, 1.54) is 0 Å². The average molecular weight is 313 g/mol. The summed E-state index contributed by atoms with van der Waals surface area (Å²) in [7, 11) is -2.88. The summed E-state index contributed by atoms with van der Waals surface area (Å²) >= 11 is 1.59. The highest BCUT2D eigenvalue weighted by Crippen LogP contribution is 2.20. The summed E-state index contributed by atoms with van der Waals surface area (Å²) in [6.45, 7) is 2.33. The fraction of sp³-hybridized carbons (Fsp3) is 0.500. The molecule has 1 amide bonds. The molecule has 1 saturated heterocycles. The van der Waals surface area contributed by atoms with Crippen molar-refractivity contribution in [1.82, 2.24) is 5.32 Å². The number of carbonyl (C=O) groups excluding carboxylic acids is 1. The monoisotopic (exact) mass is 313 g/mol. The van der Waals surface area contributed by atoms with Crippen LogP contribution in [-0.4, -0.2) is 38.6 Å². The van der Waals surface area contributed by atoms with Crippen molar-refractivity contribution >= 4 is 27.5 Å². The van der Waals surface area contributed by atoms with Gasteiger partial charge in [-0.15, -0.1) is 11.8 Å². The van der Waals surface area contributed by atoms with E-state index in [-0.39, 0.29) is 23.3 Å². The molecule has 1 aliphatic rings. The average Bonchev–Trinajstić information content (AvgIpc) is 2.76. The van der Waals surface area contributed by atoms with Gasteiger partial charge in [-0.05, 0) is 43.2 Å². The summed E-state index contributed by atoms with van der Waals surface area (Å²) in [5.41, 5.74) is 1.59. The fourth-order valence-electron chi connectivity index (χ4n) is 2.34. The van der Waals surface area contributed by atoms with E-state index in [9.17, 15) is 13.2 Å². The topological polar surface area (TPSA) is 63.2 Å². The van der Waals surface area contributed by atoms with Crippen LogP contribution in [0.4, 0.5) is 0 Å². The predicted octanol–water partition coefficient (Wildman–Crippen LogP) is 1.88. The molecule has 1 fully saturated rings. The van der Waals surface area contributed by atoms with Gasteiger partial charge in [0.2, 0.25) is 0 Å². The lowest BCUT2D eigenvalue weighted by molar-refractivity contribution is 0.0947. The highest BCUT2D eigenvalue weighted by atomic mass is 32.2. The van der Waals surface area contributed by atoms with Crippen molar-refractivity contribution < 1.29 is 13.2 Å². The van der Waals surface area contributed by atoms with Crippen molar-refractivity contribution in [2.45, 2.75) is 18.2 Å². The second-order valence-electron chi connectivity index (χ2n) is 5.16. The van der Waals surface area contributed by atoms with Gasteiger partial charge in [-0.1, -0.05) is 6.07 Å². The first-order valence-electron chi connectivity index (χ1n) is 6.54. The summed E-state index contributed by atoms with van der Waals surface area (Å²) in [4.78, 5) is 13.2. The molecule has 1 unspecified atom stereocenters. The Hall–Kier alpha value is -1.01. The third-order valence-electron chi connectivity index (χ3n) is 3.57. The van der Waals surface area contributed by atoms with Crippen LogP contribution in [0.5, 0.6) is 0 Å². The molecule has 0 spiro atoms. The molecule has 0 aromatic heterocycles. The number of carbonyl (C=O) groups is 1. The zero-order chi connectivity index (χ0) is 14.8. The number of amides is 1. The van der Waals surface area contributed by atoms with E-state index >= 15 is 0 Å². The molecule has 1 atom stereocenters. The Morgan fingerprint density at radius 3 is 2.80 bits per heavy atom. The summed E-state index contributed by atoms with van der Waals surface area (Å²) in [5, 5.41) is 2.86. The molecule has 0 radical (unpaired) electrons. The van der Waals surface area contributed by atoms with E-state index < -0.39 is 9.84 Å². The van der Waals surface area contributed by atoms with E-state index in [0.29, 0.717) is 18.5 Å². The normalized spacial score (nSPS) is 20.8. The van der Waals surface area contributed by atoms with Gasteiger partial charge >= 0.3 is 0 Å². The Morgan fingerprint density at radius 2 is 2.20 bits per heavy atom. The molecule has 4 nitrogen and oxygen atoms in total. The first-order valence-corrected chi connectivity index (χ1v) is 9.59. The Balaban J connectivity index is 1.99. The lowest BCUT2D eigenvalue weighted by Crippen LogP contribution is -2.30. The van der Waals surface area contributed by atoms with Crippen LogP contribution in [0.25, 0.3) is 0 Å². The minimum absolute atomic E-state index is 0.0491. The summed E-state index contributed by atoms with van der Waals surface area (Å²) < 4.78 is 22.8. The van der Waals surface area contributed by atoms with Crippen LogP contribution in [0.2, 0.25) is 0 Å². The Kier molecular flexibility index (Phi) is 4.75. The number of rotatable bonds is 4. The summed E-state index contributed by atoms with van der Waals surface area (Å²) in [6, 6.07) is 5.79. The number of nitrogens with one attached hydrogen (secondary N) is 1. The summed E-state index contributed by atoms with van der Waals surface area (Å²) in [5.74, 6) is 0.363.